The fourth-order valence-electron chi connectivity index (χ4n) is 3.98. The van der Waals surface area contributed by atoms with E-state index in [1.807, 2.05) is 58.0 Å². The molecule has 0 spiro atoms. The van der Waals surface area contributed by atoms with Crippen molar-refractivity contribution >= 4 is 39.1 Å². The van der Waals surface area contributed by atoms with Crippen molar-refractivity contribution in [1.82, 2.24) is 10.2 Å². The number of hydrogen-bond acceptors (Lipinski definition) is 4. The lowest BCUT2D eigenvalue weighted by atomic mass is 10.1. The Kier molecular flexibility index (Phi) is 10.2. The van der Waals surface area contributed by atoms with Crippen LogP contribution in [0.2, 0.25) is 5.02 Å². The number of halogens is 1. The zero-order valence-corrected chi connectivity index (χ0v) is 24.6. The van der Waals surface area contributed by atoms with Crippen LogP contribution in [-0.2, 0) is 26.2 Å². The molecule has 0 aliphatic rings. The Morgan fingerprint density at radius 3 is 2.15 bits per heavy atom. The number of sulfonamides is 1. The van der Waals surface area contributed by atoms with Gasteiger partial charge in [0.15, 0.2) is 0 Å². The van der Waals surface area contributed by atoms with Crippen LogP contribution in [-0.4, -0.2) is 43.8 Å². The molecule has 0 unspecified atom stereocenters. The molecule has 3 rings (SSSR count). The first kappa shape index (κ1) is 30.2. The van der Waals surface area contributed by atoms with Crippen molar-refractivity contribution in [2.45, 2.75) is 64.6 Å². The first-order valence-electron chi connectivity index (χ1n) is 12.9. The van der Waals surface area contributed by atoms with E-state index in [1.54, 1.807) is 25.1 Å². The maximum absolute atomic E-state index is 13.9. The molecule has 0 saturated heterocycles. The molecule has 3 aromatic carbocycles. The first-order valence-corrected chi connectivity index (χ1v) is 14.7. The summed E-state index contributed by atoms with van der Waals surface area (Å²) in [4.78, 5) is 28.5. The van der Waals surface area contributed by atoms with Crippen LogP contribution in [0.3, 0.4) is 0 Å². The Hall–Kier alpha value is -3.36. The van der Waals surface area contributed by atoms with Gasteiger partial charge >= 0.3 is 0 Å². The molecule has 0 heterocycles. The van der Waals surface area contributed by atoms with Crippen molar-refractivity contribution in [1.29, 1.82) is 0 Å². The average Bonchev–Trinajstić information content (AvgIpc) is 2.90. The van der Waals surface area contributed by atoms with Gasteiger partial charge in [0.1, 0.15) is 12.6 Å². The lowest BCUT2D eigenvalue weighted by Gasteiger charge is -2.32. The lowest BCUT2D eigenvalue weighted by molar-refractivity contribution is -0.139. The number of rotatable bonds is 11. The number of carbonyl (C=O) groups excluding carboxylic acids is 2. The smallest absolute Gasteiger partial charge is 0.264 e. The average molecular weight is 570 g/mol. The largest absolute Gasteiger partial charge is 0.352 e. The van der Waals surface area contributed by atoms with Gasteiger partial charge in [-0.25, -0.2) is 8.42 Å². The van der Waals surface area contributed by atoms with E-state index in [0.717, 1.165) is 27.4 Å². The van der Waals surface area contributed by atoms with Crippen molar-refractivity contribution in [2.24, 2.45) is 0 Å². The highest BCUT2D eigenvalue weighted by Crippen LogP contribution is 2.26. The van der Waals surface area contributed by atoms with Gasteiger partial charge in [0.05, 0.1) is 10.6 Å². The standard InChI is InChI=1S/C30H36ClN3O4S/c1-6-23(4)32-30(36)24(5)33(19-25-12-10-21(2)11-13-25)29(35)20-34(27-9-7-8-22(3)18-27)39(37,38)28-16-14-26(31)15-17-28/h7-18,23-24H,6,19-20H2,1-5H3,(H,32,36)/t23-,24+/m1/s1. The van der Waals surface area contributed by atoms with Crippen LogP contribution in [0.5, 0.6) is 0 Å². The van der Waals surface area contributed by atoms with Crippen LogP contribution in [0, 0.1) is 13.8 Å². The van der Waals surface area contributed by atoms with Crippen LogP contribution < -0.4 is 9.62 Å². The zero-order valence-electron chi connectivity index (χ0n) is 23.0. The lowest BCUT2D eigenvalue weighted by Crippen LogP contribution is -2.52. The highest BCUT2D eigenvalue weighted by molar-refractivity contribution is 7.92. The van der Waals surface area contributed by atoms with Crippen LogP contribution in [0.15, 0.2) is 77.7 Å². The van der Waals surface area contributed by atoms with Gasteiger partial charge < -0.3 is 10.2 Å². The molecule has 2 amide bonds. The van der Waals surface area contributed by atoms with Gasteiger partial charge in [-0.15, -0.1) is 0 Å². The molecule has 3 aromatic rings. The third-order valence-corrected chi connectivity index (χ3v) is 8.65. The van der Waals surface area contributed by atoms with E-state index >= 15 is 0 Å². The predicted molar refractivity (Wildman–Crippen MR) is 156 cm³/mol. The fourth-order valence-corrected chi connectivity index (χ4v) is 5.52. The quantitative estimate of drug-likeness (QED) is 0.331. The minimum absolute atomic E-state index is 0.00820. The predicted octanol–water partition coefficient (Wildman–Crippen LogP) is 5.48. The Labute approximate surface area is 236 Å². The van der Waals surface area contributed by atoms with Crippen LogP contribution in [0.1, 0.15) is 43.9 Å². The Morgan fingerprint density at radius 1 is 0.923 bits per heavy atom. The summed E-state index contributed by atoms with van der Waals surface area (Å²) in [5.74, 6) is -0.797. The number of aryl methyl sites for hydroxylation is 2. The van der Waals surface area contributed by atoms with Crippen molar-refractivity contribution in [3.63, 3.8) is 0 Å². The second kappa shape index (κ2) is 13.1. The van der Waals surface area contributed by atoms with Crippen LogP contribution in [0.25, 0.3) is 0 Å². The Balaban J connectivity index is 2.02. The monoisotopic (exact) mass is 569 g/mol. The molecular weight excluding hydrogens is 534 g/mol. The highest BCUT2D eigenvalue weighted by Gasteiger charge is 2.32. The fraction of sp³-hybridized carbons (Fsp3) is 0.333. The second-order valence-electron chi connectivity index (χ2n) is 9.81. The topological polar surface area (TPSA) is 86.8 Å². The van der Waals surface area contributed by atoms with Gasteiger partial charge in [0, 0.05) is 17.6 Å². The Morgan fingerprint density at radius 2 is 1.56 bits per heavy atom. The normalized spacial score (nSPS) is 12.9. The van der Waals surface area contributed by atoms with Crippen LogP contribution >= 0.6 is 11.6 Å². The molecular formula is C30H36ClN3O4S. The SMILES string of the molecule is CC[C@@H](C)NC(=O)[C@H](C)N(Cc1ccc(C)cc1)C(=O)CN(c1cccc(C)c1)S(=O)(=O)c1ccc(Cl)cc1. The molecule has 0 aliphatic heterocycles. The maximum Gasteiger partial charge on any atom is 0.264 e. The number of nitrogens with one attached hydrogen (secondary N) is 1. The molecule has 208 valence electrons. The summed E-state index contributed by atoms with van der Waals surface area (Å²) in [7, 11) is -4.14. The number of hydrogen-bond donors (Lipinski definition) is 1. The van der Waals surface area contributed by atoms with Gasteiger partial charge in [0.2, 0.25) is 11.8 Å². The van der Waals surface area contributed by atoms with E-state index < -0.39 is 28.5 Å². The summed E-state index contributed by atoms with van der Waals surface area (Å²) < 4.78 is 28.8. The van der Waals surface area contributed by atoms with Crippen molar-refractivity contribution in [3.05, 3.63) is 94.5 Å². The summed E-state index contributed by atoms with van der Waals surface area (Å²) >= 11 is 6.00. The highest BCUT2D eigenvalue weighted by atomic mass is 35.5. The van der Waals surface area contributed by atoms with Gasteiger partial charge in [0.25, 0.3) is 10.0 Å². The third kappa shape index (κ3) is 7.83. The van der Waals surface area contributed by atoms with Gasteiger partial charge in [-0.05, 0) is 81.6 Å². The van der Waals surface area contributed by atoms with E-state index in [9.17, 15) is 18.0 Å². The van der Waals surface area contributed by atoms with Gasteiger partial charge in [-0.1, -0.05) is 60.5 Å². The second-order valence-corrected chi connectivity index (χ2v) is 12.1. The van der Waals surface area contributed by atoms with Crippen molar-refractivity contribution in [3.8, 4) is 0 Å². The molecule has 0 aromatic heterocycles. The zero-order chi connectivity index (χ0) is 28.7. The van der Waals surface area contributed by atoms with Gasteiger partial charge in [-0.2, -0.15) is 0 Å². The number of anilines is 1. The summed E-state index contributed by atoms with van der Waals surface area (Å²) in [5.41, 5.74) is 3.10. The minimum Gasteiger partial charge on any atom is -0.352 e. The third-order valence-electron chi connectivity index (χ3n) is 6.61. The molecule has 39 heavy (non-hydrogen) atoms. The van der Waals surface area contributed by atoms with E-state index in [2.05, 4.69) is 5.32 Å². The van der Waals surface area contributed by atoms with E-state index in [-0.39, 0.29) is 23.4 Å². The number of nitrogens with zero attached hydrogens (tertiary/aromatic N) is 2. The molecule has 0 radical (unpaired) electrons. The first-order chi connectivity index (χ1) is 18.4. The number of carbonyl (C=O) groups is 2. The summed E-state index contributed by atoms with van der Waals surface area (Å²) in [6.45, 7) is 9.01. The summed E-state index contributed by atoms with van der Waals surface area (Å²) in [5, 5.41) is 3.34. The molecule has 1 N–H and O–H groups in total. The van der Waals surface area contributed by atoms with Crippen molar-refractivity contribution in [2.75, 3.05) is 10.8 Å². The minimum atomic E-state index is -4.14. The molecule has 0 saturated carbocycles. The summed E-state index contributed by atoms with van der Waals surface area (Å²) in [6.07, 6.45) is 0.741. The molecule has 7 nitrogen and oxygen atoms in total. The number of amides is 2. The molecule has 0 bridgehead atoms. The van der Waals surface area contributed by atoms with Crippen molar-refractivity contribution < 1.29 is 18.0 Å². The number of benzene rings is 3. The Bertz CT molecular complexity index is 1390. The molecule has 0 fully saturated rings. The van der Waals surface area contributed by atoms with Crippen LogP contribution in [0.4, 0.5) is 5.69 Å². The molecule has 2 atom stereocenters. The molecule has 9 heteroatoms. The molecule has 0 aliphatic carbocycles. The van der Waals surface area contributed by atoms with E-state index in [4.69, 9.17) is 11.6 Å². The van der Waals surface area contributed by atoms with E-state index in [1.165, 1.54) is 29.2 Å². The van der Waals surface area contributed by atoms with Gasteiger partial charge in [-0.3, -0.25) is 13.9 Å². The maximum atomic E-state index is 13.9. The summed E-state index contributed by atoms with van der Waals surface area (Å²) in [6, 6.07) is 19.6. The van der Waals surface area contributed by atoms with E-state index in [0.29, 0.717) is 10.7 Å².